The fourth-order valence-electron chi connectivity index (χ4n) is 2.40. The van der Waals surface area contributed by atoms with Crippen LogP contribution in [-0.2, 0) is 28.6 Å². The van der Waals surface area contributed by atoms with Gasteiger partial charge in [-0.3, -0.25) is 0 Å². The van der Waals surface area contributed by atoms with Gasteiger partial charge in [-0.15, -0.1) is 0 Å². The van der Waals surface area contributed by atoms with E-state index in [1.165, 1.54) is 0 Å². The summed E-state index contributed by atoms with van der Waals surface area (Å²) in [6.07, 6.45) is -0.433. The van der Waals surface area contributed by atoms with Crippen molar-refractivity contribution in [3.63, 3.8) is 0 Å². The predicted molar refractivity (Wildman–Crippen MR) is 129 cm³/mol. The van der Waals surface area contributed by atoms with Crippen molar-refractivity contribution >= 4 is 17.9 Å². The third-order valence-corrected chi connectivity index (χ3v) is 4.09. The molecule has 1 aromatic rings. The Bertz CT molecular complexity index is 935. The van der Waals surface area contributed by atoms with Gasteiger partial charge in [-0.05, 0) is 34.6 Å². The Hall–Kier alpha value is -3.75. The smallest absolute Gasteiger partial charge is 0.333 e. The SMILES string of the molecule is C=CC(=O)OCC(C)Oc1cc(OCC(C)OC(=O)C(=C)C)cc(OC(C)COC(=O)C(=C)C)c1. The molecule has 9 nitrogen and oxygen atoms in total. The van der Waals surface area contributed by atoms with Gasteiger partial charge in [0.25, 0.3) is 0 Å². The second kappa shape index (κ2) is 14.5. The standard InChI is InChI=1S/C26H34O9/c1-9-24(27)31-14-18(6)33-22-10-21(30-13-20(8)35-26(29)17(4)5)11-23(12-22)34-19(7)15-32-25(28)16(2)3/h9-12,18-20H,1-2,4,13-15H2,3,5-8H3. The van der Waals surface area contributed by atoms with Crippen LogP contribution in [-0.4, -0.2) is 56.0 Å². The van der Waals surface area contributed by atoms with Gasteiger partial charge >= 0.3 is 17.9 Å². The van der Waals surface area contributed by atoms with Crippen molar-refractivity contribution in [3.05, 3.63) is 55.2 Å². The van der Waals surface area contributed by atoms with Crippen LogP contribution in [0.25, 0.3) is 0 Å². The van der Waals surface area contributed by atoms with Crippen LogP contribution in [0.5, 0.6) is 17.2 Å². The molecule has 0 N–H and O–H groups in total. The first-order chi connectivity index (χ1) is 16.4. The van der Waals surface area contributed by atoms with Crippen LogP contribution in [0.1, 0.15) is 34.6 Å². The highest BCUT2D eigenvalue weighted by Gasteiger charge is 2.15. The van der Waals surface area contributed by atoms with Crippen molar-refractivity contribution in [2.45, 2.75) is 52.9 Å². The largest absolute Gasteiger partial charge is 0.489 e. The Morgan fingerprint density at radius 1 is 0.771 bits per heavy atom. The third kappa shape index (κ3) is 11.8. The highest BCUT2D eigenvalue weighted by molar-refractivity contribution is 5.87. The minimum absolute atomic E-state index is 0.00722. The summed E-state index contributed by atoms with van der Waals surface area (Å²) in [7, 11) is 0. The van der Waals surface area contributed by atoms with Gasteiger partial charge in [-0.25, -0.2) is 14.4 Å². The van der Waals surface area contributed by atoms with E-state index < -0.39 is 36.2 Å². The third-order valence-electron chi connectivity index (χ3n) is 4.09. The Morgan fingerprint density at radius 3 is 1.74 bits per heavy atom. The Kier molecular flexibility index (Phi) is 12.1. The number of carbonyl (C=O) groups is 3. The van der Waals surface area contributed by atoms with Gasteiger partial charge in [0, 0.05) is 35.4 Å². The quantitative estimate of drug-likeness (QED) is 0.205. The molecule has 0 fully saturated rings. The van der Waals surface area contributed by atoms with Gasteiger partial charge in [-0.1, -0.05) is 19.7 Å². The summed E-state index contributed by atoms with van der Waals surface area (Å²) in [6.45, 7) is 18.8. The maximum Gasteiger partial charge on any atom is 0.333 e. The van der Waals surface area contributed by atoms with Gasteiger partial charge in [0.05, 0.1) is 0 Å². The molecular formula is C26H34O9. The normalized spacial score (nSPS) is 12.8. The summed E-state index contributed by atoms with van der Waals surface area (Å²) in [5, 5.41) is 0. The highest BCUT2D eigenvalue weighted by Crippen LogP contribution is 2.29. The van der Waals surface area contributed by atoms with Crippen LogP contribution < -0.4 is 14.2 Å². The number of carbonyl (C=O) groups excluding carboxylic acids is 3. The van der Waals surface area contributed by atoms with Crippen LogP contribution in [0.15, 0.2) is 55.2 Å². The molecular weight excluding hydrogens is 456 g/mol. The first-order valence-corrected chi connectivity index (χ1v) is 11.0. The highest BCUT2D eigenvalue weighted by atomic mass is 16.6. The summed E-state index contributed by atoms with van der Waals surface area (Å²) < 4.78 is 32.8. The molecule has 0 aromatic heterocycles. The monoisotopic (exact) mass is 490 g/mol. The van der Waals surface area contributed by atoms with Crippen LogP contribution >= 0.6 is 0 Å². The molecule has 9 heteroatoms. The van der Waals surface area contributed by atoms with Gasteiger partial charge in [0.2, 0.25) is 0 Å². The maximum atomic E-state index is 11.7. The maximum absolute atomic E-state index is 11.7. The van der Waals surface area contributed by atoms with Crippen molar-refractivity contribution in [2.24, 2.45) is 0 Å². The Morgan fingerprint density at radius 2 is 1.26 bits per heavy atom. The van der Waals surface area contributed by atoms with Crippen LogP contribution in [0.2, 0.25) is 0 Å². The number of ether oxygens (including phenoxy) is 6. The summed E-state index contributed by atoms with van der Waals surface area (Å²) >= 11 is 0. The van der Waals surface area contributed by atoms with Crippen LogP contribution in [0.4, 0.5) is 0 Å². The Labute approximate surface area is 206 Å². The molecule has 0 saturated carbocycles. The molecule has 192 valence electrons. The van der Waals surface area contributed by atoms with E-state index in [2.05, 4.69) is 19.7 Å². The fourth-order valence-corrected chi connectivity index (χ4v) is 2.40. The molecule has 35 heavy (non-hydrogen) atoms. The zero-order valence-electron chi connectivity index (χ0n) is 21.0. The van der Waals surface area contributed by atoms with E-state index in [0.29, 0.717) is 17.2 Å². The lowest BCUT2D eigenvalue weighted by Crippen LogP contribution is -2.23. The first kappa shape index (κ1) is 29.3. The lowest BCUT2D eigenvalue weighted by atomic mass is 10.3. The van der Waals surface area contributed by atoms with E-state index in [-0.39, 0.29) is 31.0 Å². The molecule has 0 radical (unpaired) electrons. The fraction of sp³-hybridized carbons (Fsp3) is 0.423. The number of benzene rings is 1. The van der Waals surface area contributed by atoms with E-state index in [4.69, 9.17) is 28.4 Å². The summed E-state index contributed by atoms with van der Waals surface area (Å²) in [5.41, 5.74) is 0.575. The zero-order valence-corrected chi connectivity index (χ0v) is 21.0. The van der Waals surface area contributed by atoms with Gasteiger partial charge in [0.1, 0.15) is 55.4 Å². The minimum Gasteiger partial charge on any atom is -0.489 e. The molecule has 0 bridgehead atoms. The molecule has 0 aliphatic rings. The number of hydrogen-bond acceptors (Lipinski definition) is 9. The molecule has 0 heterocycles. The number of rotatable bonds is 15. The molecule has 0 aliphatic heterocycles. The average molecular weight is 491 g/mol. The Balaban J connectivity index is 2.93. The van der Waals surface area contributed by atoms with Gasteiger partial charge in [-0.2, -0.15) is 0 Å². The zero-order chi connectivity index (χ0) is 26.5. The molecule has 3 atom stereocenters. The van der Waals surface area contributed by atoms with E-state index in [0.717, 1.165) is 6.08 Å². The van der Waals surface area contributed by atoms with E-state index in [9.17, 15) is 14.4 Å². The van der Waals surface area contributed by atoms with Crippen molar-refractivity contribution in [2.75, 3.05) is 19.8 Å². The minimum atomic E-state index is -0.557. The van der Waals surface area contributed by atoms with Crippen molar-refractivity contribution in [3.8, 4) is 17.2 Å². The summed E-state index contributed by atoms with van der Waals surface area (Å²) in [6, 6.07) is 4.87. The topological polar surface area (TPSA) is 107 Å². The molecule has 0 spiro atoms. The molecule has 1 rings (SSSR count). The van der Waals surface area contributed by atoms with Crippen molar-refractivity contribution in [1.29, 1.82) is 0 Å². The van der Waals surface area contributed by atoms with Gasteiger partial charge in [0.15, 0.2) is 0 Å². The molecule has 3 unspecified atom stereocenters. The number of esters is 3. The lowest BCUT2D eigenvalue weighted by molar-refractivity contribution is -0.144. The van der Waals surface area contributed by atoms with Crippen LogP contribution in [0.3, 0.4) is 0 Å². The summed E-state index contributed by atoms with van der Waals surface area (Å²) in [4.78, 5) is 34.6. The molecule has 0 amide bonds. The van der Waals surface area contributed by atoms with E-state index >= 15 is 0 Å². The first-order valence-electron chi connectivity index (χ1n) is 11.0. The lowest BCUT2D eigenvalue weighted by Gasteiger charge is -2.20. The molecule has 0 aliphatic carbocycles. The second-order valence-electron chi connectivity index (χ2n) is 8.02. The van der Waals surface area contributed by atoms with Crippen molar-refractivity contribution in [1.82, 2.24) is 0 Å². The molecule has 1 aromatic carbocycles. The molecule has 0 saturated heterocycles. The van der Waals surface area contributed by atoms with E-state index in [1.54, 1.807) is 52.8 Å². The predicted octanol–water partition coefficient (Wildman–Crippen LogP) is 3.96. The number of hydrogen-bond donors (Lipinski definition) is 0. The van der Waals surface area contributed by atoms with E-state index in [1.807, 2.05) is 0 Å². The summed E-state index contributed by atoms with van der Waals surface area (Å²) in [5.74, 6) is -0.420. The van der Waals surface area contributed by atoms with Crippen LogP contribution in [0, 0.1) is 0 Å². The van der Waals surface area contributed by atoms with Gasteiger partial charge < -0.3 is 28.4 Å². The second-order valence-corrected chi connectivity index (χ2v) is 8.02. The average Bonchev–Trinajstić information content (AvgIpc) is 2.79. The van der Waals surface area contributed by atoms with Crippen molar-refractivity contribution < 1.29 is 42.8 Å².